The van der Waals surface area contributed by atoms with E-state index in [4.69, 9.17) is 9.90 Å². The van der Waals surface area contributed by atoms with Gasteiger partial charge in [-0.05, 0) is 13.0 Å². The normalized spacial score (nSPS) is 10.6. The van der Waals surface area contributed by atoms with Gasteiger partial charge in [-0.25, -0.2) is 4.79 Å². The molecule has 0 saturated heterocycles. The van der Waals surface area contributed by atoms with E-state index in [2.05, 4.69) is 5.73 Å². The molecular formula is C7H10F3NO3. The molecule has 0 radical (unpaired) electrons. The average molecular weight is 213 g/mol. The van der Waals surface area contributed by atoms with Crippen LogP contribution in [0.2, 0.25) is 0 Å². The number of hydrogen-bond acceptors (Lipinski definition) is 2. The van der Waals surface area contributed by atoms with E-state index in [1.54, 1.807) is 0 Å². The van der Waals surface area contributed by atoms with Crippen LogP contribution >= 0.6 is 0 Å². The molecule has 3 N–H and O–H groups in total. The van der Waals surface area contributed by atoms with E-state index in [1.165, 1.54) is 6.92 Å². The second-order valence-electron chi connectivity index (χ2n) is 2.17. The summed E-state index contributed by atoms with van der Waals surface area (Å²) in [4.78, 5) is 18.9. The molecule has 1 amide bonds. The Labute approximate surface area is 78.2 Å². The summed E-state index contributed by atoms with van der Waals surface area (Å²) < 4.78 is 34.0. The molecule has 0 aliphatic rings. The van der Waals surface area contributed by atoms with Gasteiger partial charge in [-0.15, -0.1) is 0 Å². The number of ketones is 1. The number of amides is 1. The highest BCUT2D eigenvalue weighted by Crippen LogP contribution is 2.19. The Balaban J connectivity index is 0. The van der Waals surface area contributed by atoms with Gasteiger partial charge in [0, 0.05) is 0 Å². The fourth-order valence-electron chi connectivity index (χ4n) is 0.359. The lowest BCUT2D eigenvalue weighted by molar-refractivity contribution is -0.125. The van der Waals surface area contributed by atoms with Crippen LogP contribution in [-0.4, -0.2) is 23.2 Å². The van der Waals surface area contributed by atoms with Crippen molar-refractivity contribution in [3.8, 4) is 0 Å². The lowest BCUT2D eigenvalue weighted by atomic mass is 10.3. The number of carboxylic acid groups (broad SMARTS) is 1. The summed E-state index contributed by atoms with van der Waals surface area (Å²) in [6, 6.07) is 0. The molecule has 0 aromatic carbocycles. The summed E-state index contributed by atoms with van der Waals surface area (Å²) in [5.74, 6) is -0.371. The molecule has 4 nitrogen and oxygen atoms in total. The molecule has 0 heterocycles. The van der Waals surface area contributed by atoms with E-state index < -0.39 is 18.7 Å². The van der Waals surface area contributed by atoms with E-state index in [9.17, 15) is 18.0 Å². The lowest BCUT2D eigenvalue weighted by Crippen LogP contribution is -2.04. The minimum Gasteiger partial charge on any atom is -0.465 e. The Hall–Kier alpha value is -1.53. The first-order chi connectivity index (χ1) is 6.15. The molecule has 0 atom stereocenters. The summed E-state index contributed by atoms with van der Waals surface area (Å²) in [5, 5.41) is 7.19. The lowest BCUT2D eigenvalue weighted by Gasteiger charge is -1.98. The largest absolute Gasteiger partial charge is 0.465 e. The van der Waals surface area contributed by atoms with Crippen LogP contribution < -0.4 is 5.73 Å². The summed E-state index contributed by atoms with van der Waals surface area (Å²) in [6.45, 7) is 1.20. The predicted molar refractivity (Wildman–Crippen MR) is 42.7 cm³/mol. The van der Waals surface area contributed by atoms with Crippen LogP contribution in [0.1, 0.15) is 13.3 Å². The molecule has 7 heteroatoms. The first kappa shape index (κ1) is 15.0. The molecule has 0 aromatic rings. The Morgan fingerprint density at radius 2 is 1.79 bits per heavy atom. The molecule has 0 fully saturated rings. The van der Waals surface area contributed by atoms with Gasteiger partial charge in [0.05, 0.1) is 6.42 Å². The Morgan fingerprint density at radius 3 is 2.00 bits per heavy atom. The number of alkyl halides is 3. The number of allylic oxidation sites excluding steroid dienone is 2. The van der Waals surface area contributed by atoms with Crippen molar-refractivity contribution in [2.45, 2.75) is 19.5 Å². The standard InChI is InChI=1S/C6H7F3O.CH3NO2/c1-5(10)3-2-4-6(7,8)9;2-1(3)4/h2-3H,4H2,1H3;2H2,(H,3,4)/b3-2+;. The zero-order chi connectivity index (χ0) is 11.8. The number of hydrogen-bond donors (Lipinski definition) is 2. The molecule has 0 aliphatic carbocycles. The third-order valence-electron chi connectivity index (χ3n) is 0.702. The van der Waals surface area contributed by atoms with Gasteiger partial charge in [0.1, 0.15) is 0 Å². The number of nitrogens with two attached hydrogens (primary N) is 1. The first-order valence-electron chi connectivity index (χ1n) is 3.37. The molecule has 0 aromatic heterocycles. The summed E-state index contributed by atoms with van der Waals surface area (Å²) in [5.41, 5.74) is 4.03. The predicted octanol–water partition coefficient (Wildman–Crippen LogP) is 1.71. The number of rotatable bonds is 2. The second-order valence-corrected chi connectivity index (χ2v) is 2.17. The molecule has 0 aliphatic heterocycles. The third kappa shape index (κ3) is 31.4. The van der Waals surface area contributed by atoms with Gasteiger partial charge in [-0.1, -0.05) is 6.08 Å². The van der Waals surface area contributed by atoms with Crippen LogP contribution in [0.4, 0.5) is 18.0 Å². The summed E-state index contributed by atoms with van der Waals surface area (Å²) in [7, 11) is 0. The highest BCUT2D eigenvalue weighted by molar-refractivity contribution is 5.87. The molecule has 82 valence electrons. The molecule has 14 heavy (non-hydrogen) atoms. The Kier molecular flexibility index (Phi) is 7.41. The van der Waals surface area contributed by atoms with Crippen molar-refractivity contribution < 1.29 is 27.9 Å². The van der Waals surface area contributed by atoms with Crippen molar-refractivity contribution in [3.63, 3.8) is 0 Å². The van der Waals surface area contributed by atoms with Crippen LogP contribution in [0.3, 0.4) is 0 Å². The Bertz CT molecular complexity index is 219. The van der Waals surface area contributed by atoms with Crippen LogP contribution in [0.5, 0.6) is 0 Å². The van der Waals surface area contributed by atoms with Crippen LogP contribution in [0, 0.1) is 0 Å². The second kappa shape index (κ2) is 6.93. The van der Waals surface area contributed by atoms with Gasteiger partial charge in [0.15, 0.2) is 5.78 Å². The van der Waals surface area contributed by atoms with Crippen molar-refractivity contribution in [3.05, 3.63) is 12.2 Å². The van der Waals surface area contributed by atoms with Gasteiger partial charge in [0.25, 0.3) is 0 Å². The topological polar surface area (TPSA) is 80.4 Å². The highest BCUT2D eigenvalue weighted by atomic mass is 19.4. The quantitative estimate of drug-likeness (QED) is 0.685. The van der Waals surface area contributed by atoms with Crippen molar-refractivity contribution in [1.82, 2.24) is 0 Å². The van der Waals surface area contributed by atoms with Crippen molar-refractivity contribution >= 4 is 11.9 Å². The van der Waals surface area contributed by atoms with Crippen molar-refractivity contribution in [2.75, 3.05) is 0 Å². The number of primary amides is 1. The monoisotopic (exact) mass is 213 g/mol. The smallest absolute Gasteiger partial charge is 0.402 e. The van der Waals surface area contributed by atoms with Crippen LogP contribution in [-0.2, 0) is 4.79 Å². The van der Waals surface area contributed by atoms with Crippen molar-refractivity contribution in [2.24, 2.45) is 5.73 Å². The molecular weight excluding hydrogens is 203 g/mol. The minimum absolute atomic E-state index is 0.371. The number of carbonyl (C=O) groups is 2. The van der Waals surface area contributed by atoms with Crippen LogP contribution in [0.15, 0.2) is 12.2 Å². The van der Waals surface area contributed by atoms with Gasteiger partial charge >= 0.3 is 12.3 Å². The van der Waals surface area contributed by atoms with E-state index >= 15 is 0 Å². The highest BCUT2D eigenvalue weighted by Gasteiger charge is 2.24. The molecule has 0 saturated carbocycles. The minimum atomic E-state index is -4.20. The van der Waals surface area contributed by atoms with Gasteiger partial charge in [-0.2, -0.15) is 13.2 Å². The zero-order valence-electron chi connectivity index (χ0n) is 7.34. The van der Waals surface area contributed by atoms with Gasteiger partial charge < -0.3 is 10.8 Å². The van der Waals surface area contributed by atoms with E-state index in [1.807, 2.05) is 0 Å². The van der Waals surface area contributed by atoms with E-state index in [0.717, 1.165) is 12.2 Å². The molecule has 0 unspecified atom stereocenters. The summed E-state index contributed by atoms with van der Waals surface area (Å²) >= 11 is 0. The maximum atomic E-state index is 11.3. The zero-order valence-corrected chi connectivity index (χ0v) is 7.34. The fourth-order valence-corrected chi connectivity index (χ4v) is 0.359. The number of carbonyl (C=O) groups excluding carboxylic acids is 1. The Morgan fingerprint density at radius 1 is 1.43 bits per heavy atom. The van der Waals surface area contributed by atoms with E-state index in [-0.39, 0.29) is 5.78 Å². The molecule has 0 bridgehead atoms. The van der Waals surface area contributed by atoms with Gasteiger partial charge in [-0.3, -0.25) is 4.79 Å². The van der Waals surface area contributed by atoms with E-state index in [0.29, 0.717) is 0 Å². The maximum absolute atomic E-state index is 11.3. The maximum Gasteiger partial charge on any atom is 0.402 e. The molecule has 0 spiro atoms. The first-order valence-corrected chi connectivity index (χ1v) is 3.37. The van der Waals surface area contributed by atoms with Crippen molar-refractivity contribution in [1.29, 1.82) is 0 Å². The number of halogens is 3. The van der Waals surface area contributed by atoms with Gasteiger partial charge in [0.2, 0.25) is 0 Å². The third-order valence-corrected chi connectivity index (χ3v) is 0.702. The average Bonchev–Trinajstić information content (AvgIpc) is 1.80. The fraction of sp³-hybridized carbons (Fsp3) is 0.429. The van der Waals surface area contributed by atoms with Crippen LogP contribution in [0.25, 0.3) is 0 Å². The molecule has 0 rings (SSSR count). The summed E-state index contributed by atoms with van der Waals surface area (Å²) in [6.07, 6.45) is -4.85. The SMILES string of the molecule is CC(=O)/C=C/CC(F)(F)F.NC(=O)O.